The summed E-state index contributed by atoms with van der Waals surface area (Å²) in [5, 5.41) is 17.5. The zero-order chi connectivity index (χ0) is 9.84. The number of hydrogen-bond donors (Lipinski definition) is 3. The first-order chi connectivity index (χ1) is 6.09. The monoisotopic (exact) mass is 223 g/mol. The maximum atomic E-state index is 10.4. The quantitative estimate of drug-likeness (QED) is 0.639. The van der Waals surface area contributed by atoms with Gasteiger partial charge in [-0.2, -0.15) is 0 Å². The number of phenolic OH excluding ortho intramolecular Hbond substituents is 1. The third-order valence-corrected chi connectivity index (χ3v) is 1.71. The van der Waals surface area contributed by atoms with Crippen molar-refractivity contribution in [3.05, 3.63) is 29.8 Å². The van der Waals surface area contributed by atoms with E-state index in [4.69, 9.17) is 15.9 Å². The van der Waals surface area contributed by atoms with Gasteiger partial charge in [0.1, 0.15) is 11.8 Å². The predicted octanol–water partition coefficient (Wildman–Crippen LogP) is 0.191. The van der Waals surface area contributed by atoms with Gasteiger partial charge in [0.25, 0.3) is 0 Å². The molecule has 0 fully saturated rings. The van der Waals surface area contributed by atoms with Crippen LogP contribution < -0.4 is 5.73 Å². The second-order valence-corrected chi connectivity index (χ2v) is 2.82. The first-order valence-corrected chi connectivity index (χ1v) is 3.86. The summed E-state index contributed by atoms with van der Waals surface area (Å²) in [7, 11) is 0. The normalized spacial score (nSPS) is 11.5. The maximum Gasteiger partial charge on any atom is 2.00 e. The third-order valence-electron chi connectivity index (χ3n) is 1.71. The first-order valence-electron chi connectivity index (χ1n) is 3.86. The number of hydrogen-bond acceptors (Lipinski definition) is 3. The molecule has 0 amide bonds. The van der Waals surface area contributed by atoms with Crippen LogP contribution in [0.15, 0.2) is 24.3 Å². The minimum atomic E-state index is -1.02. The van der Waals surface area contributed by atoms with Crippen LogP contribution >= 0.6 is 0 Å². The molecule has 14 heavy (non-hydrogen) atoms. The molecular weight excluding hydrogens is 210 g/mol. The molecule has 0 saturated heterocycles. The standard InChI is InChI=1S/C9H11NO3.Ca.2H/c10-8(9(12)13)5-6-1-3-7(11)4-2-6;;;/h1-4,8,11H,5,10H2,(H,12,13);;;/q;+2;2*-1. The molecule has 0 saturated carbocycles. The second kappa shape index (κ2) is 6.24. The van der Waals surface area contributed by atoms with E-state index in [1.807, 2.05) is 0 Å². The van der Waals surface area contributed by atoms with E-state index in [2.05, 4.69) is 0 Å². The van der Waals surface area contributed by atoms with Gasteiger partial charge >= 0.3 is 43.7 Å². The molecule has 5 heteroatoms. The van der Waals surface area contributed by atoms with E-state index in [-0.39, 0.29) is 52.8 Å². The van der Waals surface area contributed by atoms with Crippen LogP contribution in [0, 0.1) is 0 Å². The molecule has 0 radical (unpaired) electrons. The van der Waals surface area contributed by atoms with E-state index in [1.165, 1.54) is 12.1 Å². The first kappa shape index (κ1) is 13.7. The smallest absolute Gasteiger partial charge is 1.00 e. The van der Waals surface area contributed by atoms with Crippen molar-refractivity contribution in [1.29, 1.82) is 0 Å². The van der Waals surface area contributed by atoms with E-state index in [9.17, 15) is 4.79 Å². The number of benzene rings is 1. The number of rotatable bonds is 3. The molecule has 1 aromatic carbocycles. The number of nitrogens with two attached hydrogens (primary N) is 1. The largest absolute Gasteiger partial charge is 2.00 e. The van der Waals surface area contributed by atoms with Crippen LogP contribution in [0.5, 0.6) is 5.75 Å². The Morgan fingerprint density at radius 2 is 1.93 bits per heavy atom. The number of carboxylic acids is 1. The van der Waals surface area contributed by atoms with Crippen molar-refractivity contribution in [1.82, 2.24) is 0 Å². The molecule has 0 aliphatic rings. The summed E-state index contributed by atoms with van der Waals surface area (Å²) in [6, 6.07) is 5.42. The summed E-state index contributed by atoms with van der Waals surface area (Å²) in [6.45, 7) is 0. The van der Waals surface area contributed by atoms with Crippen molar-refractivity contribution < 1.29 is 17.9 Å². The van der Waals surface area contributed by atoms with E-state index >= 15 is 0 Å². The molecule has 4 N–H and O–H groups in total. The number of phenols is 1. The SMILES string of the molecule is NC(Cc1ccc(O)cc1)C(=O)O.[Ca+2].[H-].[H-]. The third kappa shape index (κ3) is 4.28. The Kier molecular flexibility index (Phi) is 6.11. The Morgan fingerprint density at radius 3 is 2.36 bits per heavy atom. The molecule has 74 valence electrons. The van der Waals surface area contributed by atoms with Gasteiger partial charge in [-0.3, -0.25) is 4.79 Å². The number of carboxylic acid groups (broad SMARTS) is 1. The summed E-state index contributed by atoms with van der Waals surface area (Å²) >= 11 is 0. The molecule has 0 aliphatic carbocycles. The van der Waals surface area contributed by atoms with Crippen molar-refractivity contribution in [2.45, 2.75) is 12.5 Å². The predicted molar refractivity (Wildman–Crippen MR) is 55.4 cm³/mol. The van der Waals surface area contributed by atoms with Crippen molar-refractivity contribution in [3.8, 4) is 5.75 Å². The zero-order valence-corrected chi connectivity index (χ0v) is 9.89. The average molecular weight is 223 g/mol. The number of aliphatic carboxylic acids is 1. The average Bonchev–Trinajstić information content (AvgIpc) is 2.08. The Morgan fingerprint density at radius 1 is 1.43 bits per heavy atom. The molecule has 1 unspecified atom stereocenters. The van der Waals surface area contributed by atoms with Gasteiger partial charge < -0.3 is 18.8 Å². The minimum Gasteiger partial charge on any atom is -1.00 e. The fraction of sp³-hybridized carbons (Fsp3) is 0.222. The minimum absolute atomic E-state index is 0. The van der Waals surface area contributed by atoms with Crippen molar-refractivity contribution in [2.24, 2.45) is 5.73 Å². The topological polar surface area (TPSA) is 83.5 Å². The molecule has 4 nitrogen and oxygen atoms in total. The Bertz CT molecular complexity index is 308. The van der Waals surface area contributed by atoms with Crippen LogP contribution in [-0.4, -0.2) is 60.0 Å². The fourth-order valence-corrected chi connectivity index (χ4v) is 0.973. The van der Waals surface area contributed by atoms with Gasteiger partial charge in [0.2, 0.25) is 0 Å². The van der Waals surface area contributed by atoms with Crippen LogP contribution in [0.4, 0.5) is 0 Å². The molecule has 0 spiro atoms. The molecule has 1 rings (SSSR count). The van der Waals surface area contributed by atoms with Crippen LogP contribution in [0.25, 0.3) is 0 Å². The van der Waals surface area contributed by atoms with Crippen LogP contribution in [-0.2, 0) is 11.2 Å². The Labute approximate surface area is 115 Å². The van der Waals surface area contributed by atoms with Gasteiger partial charge in [-0.1, -0.05) is 12.1 Å². The summed E-state index contributed by atoms with van der Waals surface area (Å²) in [4.78, 5) is 10.4. The van der Waals surface area contributed by atoms with Gasteiger partial charge in [-0.05, 0) is 24.1 Å². The van der Waals surface area contributed by atoms with Crippen molar-refractivity contribution >= 4 is 43.7 Å². The van der Waals surface area contributed by atoms with E-state index < -0.39 is 12.0 Å². The summed E-state index contributed by atoms with van der Waals surface area (Å²) < 4.78 is 0. The van der Waals surface area contributed by atoms with Gasteiger partial charge in [0, 0.05) is 0 Å². The molecule has 1 aromatic rings. The van der Waals surface area contributed by atoms with Gasteiger partial charge in [0.15, 0.2) is 0 Å². The molecule has 1 atom stereocenters. The summed E-state index contributed by atoms with van der Waals surface area (Å²) in [5.74, 6) is -0.860. The molecule has 0 heterocycles. The Balaban J connectivity index is -0.000000563. The van der Waals surface area contributed by atoms with Gasteiger partial charge in [0.05, 0.1) is 0 Å². The second-order valence-electron chi connectivity index (χ2n) is 2.82. The summed E-state index contributed by atoms with van der Waals surface area (Å²) in [5.41, 5.74) is 6.12. The number of aromatic hydroxyl groups is 1. The van der Waals surface area contributed by atoms with Gasteiger partial charge in [-0.15, -0.1) is 0 Å². The van der Waals surface area contributed by atoms with Crippen LogP contribution in [0.1, 0.15) is 8.42 Å². The zero-order valence-electron chi connectivity index (χ0n) is 9.68. The molecule has 0 aromatic heterocycles. The molecule has 0 aliphatic heterocycles. The van der Waals surface area contributed by atoms with E-state index in [0.29, 0.717) is 0 Å². The molecule has 0 bridgehead atoms. The summed E-state index contributed by atoms with van der Waals surface area (Å²) in [6.07, 6.45) is 0.273. The Hall–Kier alpha value is -0.290. The molecular formula is C9H13CaNO3. The number of carbonyl (C=O) groups is 1. The van der Waals surface area contributed by atoms with E-state index in [1.54, 1.807) is 12.1 Å². The van der Waals surface area contributed by atoms with Crippen LogP contribution in [0.3, 0.4) is 0 Å². The van der Waals surface area contributed by atoms with E-state index in [0.717, 1.165) is 5.56 Å². The van der Waals surface area contributed by atoms with Gasteiger partial charge in [-0.25, -0.2) is 0 Å². The maximum absolute atomic E-state index is 10.4. The van der Waals surface area contributed by atoms with Crippen molar-refractivity contribution in [3.63, 3.8) is 0 Å². The fourth-order valence-electron chi connectivity index (χ4n) is 0.973. The van der Waals surface area contributed by atoms with Crippen molar-refractivity contribution in [2.75, 3.05) is 0 Å². The van der Waals surface area contributed by atoms with Crippen LogP contribution in [0.2, 0.25) is 0 Å².